The predicted molar refractivity (Wildman–Crippen MR) is 137 cm³/mol. The van der Waals surface area contributed by atoms with Crippen molar-refractivity contribution in [3.8, 4) is 5.69 Å². The lowest BCUT2D eigenvalue weighted by Crippen LogP contribution is -2.41. The van der Waals surface area contributed by atoms with Crippen LogP contribution in [0.4, 0.5) is 5.69 Å². The molecule has 0 bridgehead atoms. The third-order valence-electron chi connectivity index (χ3n) is 5.77. The lowest BCUT2D eigenvalue weighted by Gasteiger charge is -2.26. The van der Waals surface area contributed by atoms with Crippen LogP contribution in [0.15, 0.2) is 96.4 Å². The number of aromatic nitrogens is 2. The summed E-state index contributed by atoms with van der Waals surface area (Å²) in [6.45, 7) is 3.83. The van der Waals surface area contributed by atoms with E-state index in [0.29, 0.717) is 12.1 Å². The van der Waals surface area contributed by atoms with Gasteiger partial charge in [0.2, 0.25) is 5.91 Å². The molecular weight excluding hydrogens is 460 g/mol. The van der Waals surface area contributed by atoms with Crippen molar-refractivity contribution in [2.24, 2.45) is 0 Å². The number of nitrogens with one attached hydrogen (secondary N) is 1. The largest absolute Gasteiger partial charge is 0.350 e. The van der Waals surface area contributed by atoms with Gasteiger partial charge in [-0.2, -0.15) is 0 Å². The molecule has 4 rings (SSSR count). The molecule has 0 aliphatic rings. The van der Waals surface area contributed by atoms with Crippen LogP contribution in [0.1, 0.15) is 23.6 Å². The molecule has 1 heterocycles. The van der Waals surface area contributed by atoms with Gasteiger partial charge in [-0.25, -0.2) is 13.4 Å². The number of rotatable bonds is 9. The molecule has 0 unspecified atom stereocenters. The first-order chi connectivity index (χ1) is 16.9. The van der Waals surface area contributed by atoms with Crippen LogP contribution in [0.5, 0.6) is 0 Å². The second kappa shape index (κ2) is 10.6. The lowest BCUT2D eigenvalue weighted by atomic mass is 10.1. The first kappa shape index (κ1) is 24.2. The standard InChI is InChI=1S/C27H28N4O3S/c1-3-23-6-4-5-7-26(23)31(35(33,34)25-14-8-21(2)9-15-25)19-27(32)29-18-22-10-12-24(13-11-22)30-17-16-28-20-30/h4-17,20H,3,18-19H2,1-2H3,(H,29,32). The summed E-state index contributed by atoms with van der Waals surface area (Å²) in [6.07, 6.45) is 5.92. The van der Waals surface area contributed by atoms with Gasteiger partial charge in [0, 0.05) is 24.6 Å². The molecule has 0 atom stereocenters. The summed E-state index contributed by atoms with van der Waals surface area (Å²) in [5.41, 5.74) is 4.19. The summed E-state index contributed by atoms with van der Waals surface area (Å²) in [5, 5.41) is 2.86. The summed E-state index contributed by atoms with van der Waals surface area (Å²) in [6, 6.07) is 21.7. The van der Waals surface area contributed by atoms with Gasteiger partial charge in [-0.05, 0) is 54.8 Å². The fraction of sp³-hybridized carbons (Fsp3) is 0.185. The van der Waals surface area contributed by atoms with Crippen LogP contribution in [0.25, 0.3) is 5.69 Å². The molecule has 0 fully saturated rings. The second-order valence-electron chi connectivity index (χ2n) is 8.22. The van der Waals surface area contributed by atoms with Gasteiger partial charge in [-0.3, -0.25) is 9.10 Å². The molecule has 0 radical (unpaired) electrons. The Bertz CT molecular complexity index is 1380. The van der Waals surface area contributed by atoms with Gasteiger partial charge < -0.3 is 9.88 Å². The summed E-state index contributed by atoms with van der Waals surface area (Å²) < 4.78 is 30.3. The van der Waals surface area contributed by atoms with E-state index in [2.05, 4.69) is 10.3 Å². The van der Waals surface area contributed by atoms with E-state index in [1.165, 1.54) is 4.31 Å². The molecule has 3 aromatic carbocycles. The SMILES string of the molecule is CCc1ccccc1N(CC(=O)NCc1ccc(-n2ccnc2)cc1)S(=O)(=O)c1ccc(C)cc1. The number of benzene rings is 3. The molecule has 7 nitrogen and oxygen atoms in total. The zero-order valence-corrected chi connectivity index (χ0v) is 20.6. The maximum absolute atomic E-state index is 13.6. The van der Waals surface area contributed by atoms with E-state index in [0.717, 1.165) is 22.4 Å². The molecule has 1 amide bonds. The quantitative estimate of drug-likeness (QED) is 0.382. The van der Waals surface area contributed by atoms with Crippen LogP contribution >= 0.6 is 0 Å². The maximum atomic E-state index is 13.6. The van der Waals surface area contributed by atoms with Crippen LogP contribution in [0.3, 0.4) is 0 Å². The number of carbonyl (C=O) groups is 1. The fourth-order valence-corrected chi connectivity index (χ4v) is 5.23. The van der Waals surface area contributed by atoms with Crippen molar-refractivity contribution in [1.29, 1.82) is 0 Å². The van der Waals surface area contributed by atoms with Crippen LogP contribution in [0.2, 0.25) is 0 Å². The average molecular weight is 489 g/mol. The third-order valence-corrected chi connectivity index (χ3v) is 7.54. The maximum Gasteiger partial charge on any atom is 0.264 e. The minimum absolute atomic E-state index is 0.150. The van der Waals surface area contributed by atoms with Gasteiger partial charge >= 0.3 is 0 Å². The van der Waals surface area contributed by atoms with Gasteiger partial charge in [0.1, 0.15) is 6.54 Å². The molecular formula is C27H28N4O3S. The van der Waals surface area contributed by atoms with Crippen molar-refractivity contribution in [2.45, 2.75) is 31.7 Å². The highest BCUT2D eigenvalue weighted by Gasteiger charge is 2.28. The van der Waals surface area contributed by atoms with E-state index < -0.39 is 10.0 Å². The highest BCUT2D eigenvalue weighted by Crippen LogP contribution is 2.27. The number of carbonyl (C=O) groups excluding carboxylic acids is 1. The minimum atomic E-state index is -3.95. The Morgan fingerprint density at radius 2 is 1.71 bits per heavy atom. The third kappa shape index (κ3) is 5.60. The van der Waals surface area contributed by atoms with Gasteiger partial charge in [0.25, 0.3) is 10.0 Å². The molecule has 0 spiro atoms. The summed E-state index contributed by atoms with van der Waals surface area (Å²) in [7, 11) is -3.95. The van der Waals surface area contributed by atoms with E-state index in [1.807, 2.05) is 61.0 Å². The lowest BCUT2D eigenvalue weighted by molar-refractivity contribution is -0.119. The van der Waals surface area contributed by atoms with Crippen LogP contribution in [-0.2, 0) is 27.8 Å². The van der Waals surface area contributed by atoms with E-state index in [1.54, 1.807) is 48.9 Å². The Morgan fingerprint density at radius 1 is 1.00 bits per heavy atom. The summed E-state index contributed by atoms with van der Waals surface area (Å²) in [5.74, 6) is -0.384. The number of sulfonamides is 1. The molecule has 180 valence electrons. The number of aryl methyl sites for hydroxylation is 2. The molecule has 4 aromatic rings. The van der Waals surface area contributed by atoms with E-state index in [4.69, 9.17) is 0 Å². The molecule has 0 aliphatic heterocycles. The Kier molecular flexibility index (Phi) is 7.31. The number of nitrogens with zero attached hydrogens (tertiary/aromatic N) is 3. The summed E-state index contributed by atoms with van der Waals surface area (Å²) >= 11 is 0. The molecule has 0 saturated carbocycles. The first-order valence-electron chi connectivity index (χ1n) is 11.4. The molecule has 35 heavy (non-hydrogen) atoms. The Morgan fingerprint density at radius 3 is 2.37 bits per heavy atom. The first-order valence-corrected chi connectivity index (χ1v) is 12.8. The van der Waals surface area contributed by atoms with Crippen molar-refractivity contribution >= 4 is 21.6 Å². The van der Waals surface area contributed by atoms with E-state index in [9.17, 15) is 13.2 Å². The van der Waals surface area contributed by atoms with E-state index >= 15 is 0 Å². The number of hydrogen-bond acceptors (Lipinski definition) is 4. The van der Waals surface area contributed by atoms with Gasteiger partial charge in [0.05, 0.1) is 16.9 Å². The fourth-order valence-electron chi connectivity index (χ4n) is 3.77. The van der Waals surface area contributed by atoms with Crippen molar-refractivity contribution in [2.75, 3.05) is 10.8 Å². The molecule has 1 aromatic heterocycles. The van der Waals surface area contributed by atoms with Crippen LogP contribution in [0, 0.1) is 6.92 Å². The normalized spacial score (nSPS) is 11.3. The topological polar surface area (TPSA) is 84.3 Å². The molecule has 0 saturated heterocycles. The smallest absolute Gasteiger partial charge is 0.264 e. The van der Waals surface area contributed by atoms with Crippen LogP contribution in [-0.4, -0.2) is 30.4 Å². The van der Waals surface area contributed by atoms with Crippen molar-refractivity contribution in [3.05, 3.63) is 108 Å². The molecule has 1 N–H and O–H groups in total. The monoisotopic (exact) mass is 488 g/mol. The number of amides is 1. The number of imidazole rings is 1. The number of hydrogen-bond donors (Lipinski definition) is 1. The Hall–Kier alpha value is -3.91. The average Bonchev–Trinajstić information content (AvgIpc) is 3.42. The van der Waals surface area contributed by atoms with Gasteiger partial charge in [-0.1, -0.05) is 55.0 Å². The van der Waals surface area contributed by atoms with E-state index in [-0.39, 0.29) is 23.9 Å². The minimum Gasteiger partial charge on any atom is -0.350 e. The van der Waals surface area contributed by atoms with Crippen molar-refractivity contribution in [1.82, 2.24) is 14.9 Å². The van der Waals surface area contributed by atoms with Crippen LogP contribution < -0.4 is 9.62 Å². The second-order valence-corrected chi connectivity index (χ2v) is 10.1. The number of para-hydroxylation sites is 1. The van der Waals surface area contributed by atoms with Crippen molar-refractivity contribution in [3.63, 3.8) is 0 Å². The highest BCUT2D eigenvalue weighted by molar-refractivity contribution is 7.92. The Balaban J connectivity index is 1.54. The number of anilines is 1. The zero-order chi connectivity index (χ0) is 24.8. The Labute approximate surface area is 206 Å². The molecule has 8 heteroatoms. The zero-order valence-electron chi connectivity index (χ0n) is 19.8. The predicted octanol–water partition coefficient (Wildman–Crippen LogP) is 4.25. The van der Waals surface area contributed by atoms with Gasteiger partial charge in [-0.15, -0.1) is 0 Å². The van der Waals surface area contributed by atoms with Crippen molar-refractivity contribution < 1.29 is 13.2 Å². The highest BCUT2D eigenvalue weighted by atomic mass is 32.2. The molecule has 0 aliphatic carbocycles. The summed E-state index contributed by atoms with van der Waals surface area (Å²) in [4.78, 5) is 17.1. The van der Waals surface area contributed by atoms with Gasteiger partial charge in [0.15, 0.2) is 0 Å².